The van der Waals surface area contributed by atoms with E-state index >= 15 is 0 Å². The Morgan fingerprint density at radius 1 is 0.833 bits per heavy atom. The zero-order valence-corrected chi connectivity index (χ0v) is 19.2. The van der Waals surface area contributed by atoms with E-state index in [1.54, 1.807) is 48.7 Å². The number of nitrogens with one attached hydrogen (secondary N) is 2. The minimum atomic E-state index is -4.65. The van der Waals surface area contributed by atoms with Crippen LogP contribution < -0.4 is 16.2 Å². The fourth-order valence-electron chi connectivity index (χ4n) is 3.47. The Kier molecular flexibility index (Phi) is 7.12. The first-order chi connectivity index (χ1) is 17.1. The quantitative estimate of drug-likeness (QED) is 0.281. The fraction of sp³-hybridized carbons (Fsp3) is 0.0769. The van der Waals surface area contributed by atoms with Crippen LogP contribution in [0.4, 0.5) is 33.7 Å². The number of carbonyl (C=O) groups is 1. The van der Waals surface area contributed by atoms with Crippen LogP contribution in [-0.4, -0.2) is 10.6 Å². The number of urea groups is 1. The van der Waals surface area contributed by atoms with Gasteiger partial charge in [0, 0.05) is 23.6 Å². The molecule has 36 heavy (non-hydrogen) atoms. The summed E-state index contributed by atoms with van der Waals surface area (Å²) >= 11 is 5.60. The van der Waals surface area contributed by atoms with Crippen LogP contribution in [0.2, 0.25) is 5.02 Å². The van der Waals surface area contributed by atoms with Crippen LogP contribution in [0, 0.1) is 5.82 Å². The zero-order valence-electron chi connectivity index (χ0n) is 18.4. The molecule has 0 fully saturated rings. The van der Waals surface area contributed by atoms with Crippen molar-refractivity contribution in [3.05, 3.63) is 117 Å². The molecule has 1 aromatic heterocycles. The van der Waals surface area contributed by atoms with Gasteiger partial charge in [-0.2, -0.15) is 13.2 Å². The molecular formula is C26H18ClF4N3O2. The molecule has 0 aliphatic rings. The topological polar surface area (TPSA) is 63.1 Å². The summed E-state index contributed by atoms with van der Waals surface area (Å²) in [6.45, 7) is 0.271. The molecule has 0 radical (unpaired) electrons. The number of halogens is 5. The second-order valence-electron chi connectivity index (χ2n) is 7.86. The largest absolute Gasteiger partial charge is 0.417 e. The van der Waals surface area contributed by atoms with Gasteiger partial charge in [0.25, 0.3) is 5.56 Å². The Bertz CT molecular complexity index is 1450. The van der Waals surface area contributed by atoms with Gasteiger partial charge in [-0.25, -0.2) is 9.18 Å². The van der Waals surface area contributed by atoms with Crippen molar-refractivity contribution < 1.29 is 22.4 Å². The lowest BCUT2D eigenvalue weighted by molar-refractivity contribution is -0.137. The van der Waals surface area contributed by atoms with E-state index in [-0.39, 0.29) is 23.6 Å². The number of benzene rings is 3. The molecule has 0 atom stereocenters. The van der Waals surface area contributed by atoms with Crippen molar-refractivity contribution in [1.29, 1.82) is 0 Å². The standard InChI is InChI=1S/C26H18ClF4N3O2/c27-23-11-10-21(13-22(23)26(29,30)31)33-25(36)32-20-8-3-17(4-9-20)18-5-12-24(35)34(15-18)14-16-1-6-19(28)7-2-16/h1-13,15H,14H2,(H2,32,33,36). The Balaban J connectivity index is 1.44. The first-order valence-corrected chi connectivity index (χ1v) is 11.0. The molecule has 1 heterocycles. The molecule has 0 unspecified atom stereocenters. The first kappa shape index (κ1) is 25.0. The third-order valence-electron chi connectivity index (χ3n) is 5.26. The highest BCUT2D eigenvalue weighted by Gasteiger charge is 2.33. The Morgan fingerprint density at radius 2 is 1.44 bits per heavy atom. The van der Waals surface area contributed by atoms with Crippen LogP contribution in [0.25, 0.3) is 11.1 Å². The molecule has 0 bridgehead atoms. The van der Waals surface area contributed by atoms with Crippen LogP contribution in [0.15, 0.2) is 89.9 Å². The Hall–Kier alpha value is -4.11. The maximum atomic E-state index is 13.1. The smallest absolute Gasteiger partial charge is 0.310 e. The van der Waals surface area contributed by atoms with Crippen LogP contribution in [0.5, 0.6) is 0 Å². The number of hydrogen-bond acceptors (Lipinski definition) is 2. The maximum Gasteiger partial charge on any atom is 0.417 e. The van der Waals surface area contributed by atoms with Crippen LogP contribution in [-0.2, 0) is 12.7 Å². The highest BCUT2D eigenvalue weighted by atomic mass is 35.5. The molecule has 3 aromatic carbocycles. The van der Waals surface area contributed by atoms with Gasteiger partial charge in [0.05, 0.1) is 17.1 Å². The van der Waals surface area contributed by atoms with Crippen LogP contribution in [0.3, 0.4) is 0 Å². The highest BCUT2D eigenvalue weighted by Crippen LogP contribution is 2.36. The van der Waals surface area contributed by atoms with Gasteiger partial charge in [0.2, 0.25) is 0 Å². The summed E-state index contributed by atoms with van der Waals surface area (Å²) in [5.74, 6) is -0.360. The third-order valence-corrected chi connectivity index (χ3v) is 5.58. The number of aromatic nitrogens is 1. The van der Waals surface area contributed by atoms with E-state index in [4.69, 9.17) is 11.6 Å². The lowest BCUT2D eigenvalue weighted by atomic mass is 10.1. The second kappa shape index (κ2) is 10.2. The number of carbonyl (C=O) groups excluding carboxylic acids is 1. The van der Waals surface area contributed by atoms with Crippen molar-refractivity contribution in [2.45, 2.75) is 12.7 Å². The predicted octanol–water partition coefficient (Wildman–Crippen LogP) is 7.02. The number of hydrogen-bond donors (Lipinski definition) is 2. The van der Waals surface area contributed by atoms with E-state index in [1.165, 1.54) is 28.8 Å². The number of nitrogens with zero attached hydrogens (tertiary/aromatic N) is 1. The molecule has 0 spiro atoms. The van der Waals surface area contributed by atoms with Crippen LogP contribution >= 0.6 is 11.6 Å². The average molecular weight is 516 g/mol. The molecule has 2 N–H and O–H groups in total. The van der Waals surface area contributed by atoms with Crippen molar-refractivity contribution in [3.8, 4) is 11.1 Å². The van der Waals surface area contributed by atoms with E-state index in [0.29, 0.717) is 5.69 Å². The average Bonchev–Trinajstić information content (AvgIpc) is 2.83. The van der Waals surface area contributed by atoms with Crippen molar-refractivity contribution in [1.82, 2.24) is 4.57 Å². The van der Waals surface area contributed by atoms with Gasteiger partial charge in [-0.05, 0) is 65.2 Å². The van der Waals surface area contributed by atoms with Crippen molar-refractivity contribution >= 4 is 29.0 Å². The van der Waals surface area contributed by atoms with Gasteiger partial charge < -0.3 is 15.2 Å². The highest BCUT2D eigenvalue weighted by molar-refractivity contribution is 6.31. The summed E-state index contributed by atoms with van der Waals surface area (Å²) in [6, 6.07) is 18.0. The van der Waals surface area contributed by atoms with E-state index in [0.717, 1.165) is 28.8 Å². The summed E-state index contributed by atoms with van der Waals surface area (Å²) in [7, 11) is 0. The number of anilines is 2. The summed E-state index contributed by atoms with van der Waals surface area (Å²) in [6.07, 6.45) is -2.97. The summed E-state index contributed by atoms with van der Waals surface area (Å²) < 4.78 is 53.7. The summed E-state index contributed by atoms with van der Waals surface area (Å²) in [5, 5.41) is 4.43. The predicted molar refractivity (Wildman–Crippen MR) is 131 cm³/mol. The van der Waals surface area contributed by atoms with E-state index < -0.39 is 22.8 Å². The molecule has 0 aliphatic carbocycles. The van der Waals surface area contributed by atoms with Gasteiger partial charge in [0.15, 0.2) is 0 Å². The zero-order chi connectivity index (χ0) is 25.9. The molecule has 5 nitrogen and oxygen atoms in total. The van der Waals surface area contributed by atoms with Crippen LogP contribution in [0.1, 0.15) is 11.1 Å². The summed E-state index contributed by atoms with van der Waals surface area (Å²) in [4.78, 5) is 24.5. The van der Waals surface area contributed by atoms with Gasteiger partial charge in [-0.1, -0.05) is 35.9 Å². The van der Waals surface area contributed by atoms with E-state index in [1.807, 2.05) is 0 Å². The van der Waals surface area contributed by atoms with Crippen molar-refractivity contribution in [3.63, 3.8) is 0 Å². The molecule has 184 valence electrons. The molecule has 4 rings (SSSR count). The van der Waals surface area contributed by atoms with E-state index in [2.05, 4.69) is 10.6 Å². The van der Waals surface area contributed by atoms with E-state index in [9.17, 15) is 27.2 Å². The van der Waals surface area contributed by atoms with Gasteiger partial charge in [-0.3, -0.25) is 4.79 Å². The monoisotopic (exact) mass is 515 g/mol. The molecule has 0 saturated carbocycles. The number of rotatable bonds is 5. The summed E-state index contributed by atoms with van der Waals surface area (Å²) in [5.41, 5.74) is 1.35. The molecular weight excluding hydrogens is 498 g/mol. The van der Waals surface area contributed by atoms with Gasteiger partial charge >= 0.3 is 12.2 Å². The SMILES string of the molecule is O=C(Nc1ccc(-c2ccc(=O)n(Cc3ccc(F)cc3)c2)cc1)Nc1ccc(Cl)c(C(F)(F)F)c1. The lowest BCUT2D eigenvalue weighted by Gasteiger charge is -2.13. The number of pyridine rings is 1. The Labute approximate surface area is 208 Å². The minimum Gasteiger partial charge on any atom is -0.310 e. The Morgan fingerprint density at radius 3 is 2.11 bits per heavy atom. The molecule has 2 amide bonds. The van der Waals surface area contributed by atoms with Crippen molar-refractivity contribution in [2.24, 2.45) is 0 Å². The van der Waals surface area contributed by atoms with Gasteiger partial charge in [-0.15, -0.1) is 0 Å². The minimum absolute atomic E-state index is 0.0655. The molecule has 0 aliphatic heterocycles. The third kappa shape index (κ3) is 6.11. The molecule has 10 heteroatoms. The second-order valence-corrected chi connectivity index (χ2v) is 8.27. The normalized spacial score (nSPS) is 11.2. The fourth-order valence-corrected chi connectivity index (χ4v) is 3.70. The lowest BCUT2D eigenvalue weighted by Crippen LogP contribution is -2.20. The maximum absolute atomic E-state index is 13.1. The van der Waals surface area contributed by atoms with Crippen molar-refractivity contribution in [2.75, 3.05) is 10.6 Å². The molecule has 4 aromatic rings. The number of alkyl halides is 3. The molecule has 0 saturated heterocycles. The first-order valence-electron chi connectivity index (χ1n) is 10.6. The number of amides is 2. The van der Waals surface area contributed by atoms with Gasteiger partial charge in [0.1, 0.15) is 5.82 Å².